The van der Waals surface area contributed by atoms with E-state index in [0.29, 0.717) is 30.2 Å². The first-order valence-electron chi connectivity index (χ1n) is 9.66. The van der Waals surface area contributed by atoms with E-state index in [1.165, 1.54) is 6.07 Å². The first kappa shape index (κ1) is 21.7. The van der Waals surface area contributed by atoms with Gasteiger partial charge in [0.05, 0.1) is 16.9 Å². The summed E-state index contributed by atoms with van der Waals surface area (Å²) in [5, 5.41) is 4.42. The van der Waals surface area contributed by atoms with Gasteiger partial charge in [0.25, 0.3) is 0 Å². The van der Waals surface area contributed by atoms with Crippen molar-refractivity contribution in [3.05, 3.63) is 41.2 Å². The van der Waals surface area contributed by atoms with Crippen LogP contribution < -0.4 is 9.62 Å². The lowest BCUT2D eigenvalue weighted by Gasteiger charge is -2.21. The zero-order valence-electron chi connectivity index (χ0n) is 17.5. The molecular weight excluding hydrogens is 398 g/mol. The van der Waals surface area contributed by atoms with E-state index in [-0.39, 0.29) is 22.9 Å². The van der Waals surface area contributed by atoms with Crippen molar-refractivity contribution >= 4 is 15.7 Å². The van der Waals surface area contributed by atoms with Crippen molar-refractivity contribution in [3.63, 3.8) is 0 Å². The molecule has 1 unspecified atom stereocenters. The highest BCUT2D eigenvalue weighted by Crippen LogP contribution is 2.27. The van der Waals surface area contributed by atoms with E-state index < -0.39 is 21.7 Å². The molecule has 1 aliphatic rings. The topological polar surface area (TPSA) is 67.2 Å². The number of hydrogen-bond acceptors (Lipinski definition) is 4. The van der Waals surface area contributed by atoms with Gasteiger partial charge in [-0.2, -0.15) is 5.10 Å². The van der Waals surface area contributed by atoms with Gasteiger partial charge in [-0.25, -0.2) is 21.9 Å². The van der Waals surface area contributed by atoms with E-state index in [0.717, 1.165) is 12.5 Å². The second-order valence-electron chi connectivity index (χ2n) is 8.63. The van der Waals surface area contributed by atoms with Gasteiger partial charge in [-0.3, -0.25) is 4.68 Å². The van der Waals surface area contributed by atoms with Gasteiger partial charge in [-0.05, 0) is 59.1 Å². The zero-order chi connectivity index (χ0) is 21.6. The van der Waals surface area contributed by atoms with Gasteiger partial charge >= 0.3 is 0 Å². The van der Waals surface area contributed by atoms with E-state index in [9.17, 15) is 17.2 Å². The van der Waals surface area contributed by atoms with Crippen LogP contribution in [0.25, 0.3) is 0 Å². The van der Waals surface area contributed by atoms with Gasteiger partial charge in [0.2, 0.25) is 10.0 Å². The molecule has 0 saturated carbocycles. The van der Waals surface area contributed by atoms with Crippen LogP contribution in [0.1, 0.15) is 38.6 Å². The fourth-order valence-corrected chi connectivity index (χ4v) is 5.39. The number of anilines is 1. The normalized spacial score (nSPS) is 17.9. The van der Waals surface area contributed by atoms with Crippen molar-refractivity contribution in [3.8, 4) is 0 Å². The summed E-state index contributed by atoms with van der Waals surface area (Å²) in [6, 6.07) is 3.83. The van der Waals surface area contributed by atoms with Crippen molar-refractivity contribution in [2.75, 3.05) is 24.5 Å². The van der Waals surface area contributed by atoms with Crippen LogP contribution in [0.4, 0.5) is 14.5 Å². The Morgan fingerprint density at radius 2 is 1.90 bits per heavy atom. The fraction of sp³-hybridized carbons (Fsp3) is 0.550. The Morgan fingerprint density at radius 1 is 1.21 bits per heavy atom. The molecule has 2 aromatic rings. The molecule has 1 aromatic heterocycles. The summed E-state index contributed by atoms with van der Waals surface area (Å²) < 4.78 is 56.9. The molecule has 9 heteroatoms. The number of aryl methyl sites for hydroxylation is 1. The highest BCUT2D eigenvalue weighted by atomic mass is 32.2. The Hall–Kier alpha value is -2.00. The number of hydrogen-bond donors (Lipinski definition) is 1. The average molecular weight is 427 g/mol. The van der Waals surface area contributed by atoms with Gasteiger partial charge < -0.3 is 4.90 Å². The van der Waals surface area contributed by atoms with Crippen LogP contribution in [0.5, 0.6) is 0 Å². The van der Waals surface area contributed by atoms with Crippen LogP contribution in [0.15, 0.2) is 23.1 Å². The Morgan fingerprint density at radius 3 is 2.48 bits per heavy atom. The average Bonchev–Trinajstić information content (AvgIpc) is 3.20. The van der Waals surface area contributed by atoms with Gasteiger partial charge in [0, 0.05) is 31.4 Å². The molecule has 1 aliphatic heterocycles. The number of benzene rings is 1. The van der Waals surface area contributed by atoms with E-state index in [2.05, 4.69) is 9.82 Å². The van der Waals surface area contributed by atoms with Gasteiger partial charge in [0.1, 0.15) is 4.90 Å². The minimum absolute atomic E-state index is 0.0798. The highest BCUT2D eigenvalue weighted by Gasteiger charge is 2.30. The summed E-state index contributed by atoms with van der Waals surface area (Å²) in [4.78, 5) is 2.16. The molecule has 0 spiro atoms. The molecule has 0 aliphatic carbocycles. The lowest BCUT2D eigenvalue weighted by atomic mass is 10.1. The van der Waals surface area contributed by atoms with Crippen molar-refractivity contribution < 1.29 is 17.2 Å². The van der Waals surface area contributed by atoms with E-state index in [1.807, 2.05) is 25.7 Å². The molecule has 1 atom stereocenters. The summed E-state index contributed by atoms with van der Waals surface area (Å²) in [6.45, 7) is 10.9. The van der Waals surface area contributed by atoms with Crippen molar-refractivity contribution in [2.24, 2.45) is 5.92 Å². The maximum absolute atomic E-state index is 13.5. The molecule has 2 heterocycles. The predicted molar refractivity (Wildman–Crippen MR) is 109 cm³/mol. The summed E-state index contributed by atoms with van der Waals surface area (Å²) in [5.41, 5.74) is 1.36. The number of sulfonamides is 1. The van der Waals surface area contributed by atoms with Crippen LogP contribution in [-0.2, 0) is 15.6 Å². The second kappa shape index (κ2) is 7.68. The van der Waals surface area contributed by atoms with E-state index >= 15 is 0 Å². The lowest BCUT2D eigenvalue weighted by molar-refractivity contribution is 0.345. The van der Waals surface area contributed by atoms with Gasteiger partial charge in [-0.15, -0.1) is 0 Å². The van der Waals surface area contributed by atoms with Crippen LogP contribution in [0, 0.1) is 31.4 Å². The summed E-state index contributed by atoms with van der Waals surface area (Å²) in [7, 11) is -3.70. The third-order valence-corrected chi connectivity index (χ3v) is 6.92. The molecule has 0 radical (unpaired) electrons. The number of rotatable bonds is 5. The van der Waals surface area contributed by atoms with Crippen LogP contribution in [0.3, 0.4) is 0 Å². The fourth-order valence-electron chi connectivity index (χ4n) is 3.89. The molecule has 1 fully saturated rings. The Bertz CT molecular complexity index is 1010. The lowest BCUT2D eigenvalue weighted by Crippen LogP contribution is -2.32. The van der Waals surface area contributed by atoms with E-state index in [4.69, 9.17) is 0 Å². The SMILES string of the molecule is Cc1nn(C(C)(C)C)c(C)c1S(=O)(=O)NCC1CCN(c2ccc(F)c(F)c2)C1. The van der Waals surface area contributed by atoms with Crippen molar-refractivity contribution in [1.29, 1.82) is 0 Å². The molecule has 6 nitrogen and oxygen atoms in total. The van der Waals surface area contributed by atoms with Gasteiger partial charge in [0.15, 0.2) is 11.6 Å². The smallest absolute Gasteiger partial charge is 0.244 e. The molecule has 160 valence electrons. The maximum Gasteiger partial charge on any atom is 0.244 e. The predicted octanol–water partition coefficient (Wildman–Crippen LogP) is 3.34. The molecule has 1 saturated heterocycles. The number of nitrogens with zero attached hydrogens (tertiary/aromatic N) is 3. The minimum Gasteiger partial charge on any atom is -0.371 e. The monoisotopic (exact) mass is 426 g/mol. The Kier molecular flexibility index (Phi) is 5.75. The van der Waals surface area contributed by atoms with Gasteiger partial charge in [-0.1, -0.05) is 0 Å². The molecule has 0 amide bonds. The molecular formula is C20H28F2N4O2S. The molecule has 1 N–H and O–H groups in total. The first-order chi connectivity index (χ1) is 13.4. The number of aromatic nitrogens is 2. The molecule has 1 aromatic carbocycles. The first-order valence-corrected chi connectivity index (χ1v) is 11.1. The number of nitrogens with one attached hydrogen (secondary N) is 1. The largest absolute Gasteiger partial charge is 0.371 e. The van der Waals surface area contributed by atoms with Crippen molar-refractivity contribution in [1.82, 2.24) is 14.5 Å². The summed E-state index contributed by atoms with van der Waals surface area (Å²) in [5.74, 6) is -1.68. The van der Waals surface area contributed by atoms with Crippen molar-refractivity contribution in [2.45, 2.75) is 51.5 Å². The van der Waals surface area contributed by atoms with E-state index in [1.54, 1.807) is 24.6 Å². The molecule has 3 rings (SSSR count). The highest BCUT2D eigenvalue weighted by molar-refractivity contribution is 7.89. The summed E-state index contributed by atoms with van der Waals surface area (Å²) >= 11 is 0. The maximum atomic E-state index is 13.5. The second-order valence-corrected chi connectivity index (χ2v) is 10.3. The van der Waals surface area contributed by atoms with Crippen LogP contribution >= 0.6 is 0 Å². The third-order valence-electron chi connectivity index (χ3n) is 5.25. The molecule has 0 bridgehead atoms. The number of halogens is 2. The zero-order valence-corrected chi connectivity index (χ0v) is 18.3. The standard InChI is InChI=1S/C20H28F2N4O2S/c1-13-19(14(2)26(24-13)20(3,4)5)29(27,28)23-11-15-8-9-25(12-15)16-6-7-17(21)18(22)10-16/h6-7,10,15,23H,8-9,11-12H2,1-5H3. The quantitative estimate of drug-likeness (QED) is 0.796. The van der Waals surface area contributed by atoms with Crippen LogP contribution in [0.2, 0.25) is 0 Å². The van der Waals surface area contributed by atoms with Crippen LogP contribution in [-0.4, -0.2) is 37.8 Å². The molecule has 29 heavy (non-hydrogen) atoms. The summed E-state index contributed by atoms with van der Waals surface area (Å²) in [6.07, 6.45) is 0.765. The minimum atomic E-state index is -3.70. The Labute approximate surface area is 171 Å². The third kappa shape index (κ3) is 4.45. The Balaban J connectivity index is 1.69.